The van der Waals surface area contributed by atoms with Crippen molar-refractivity contribution in [3.63, 3.8) is 0 Å². The van der Waals surface area contributed by atoms with Crippen LogP contribution in [0.5, 0.6) is 0 Å². The number of methoxy groups -OCH3 is 1. The lowest BCUT2D eigenvalue weighted by molar-refractivity contribution is -0.182. The van der Waals surface area contributed by atoms with Gasteiger partial charge in [0, 0.05) is 18.6 Å². The molecule has 1 fully saturated rings. The molecule has 1 saturated carbocycles. The Morgan fingerprint density at radius 2 is 1.95 bits per heavy atom. The number of ether oxygens (including phenoxy) is 1. The van der Waals surface area contributed by atoms with Gasteiger partial charge in [-0.05, 0) is 25.7 Å². The maximum Gasteiger partial charge on any atom is 0.237 e. The van der Waals surface area contributed by atoms with E-state index in [1.165, 1.54) is 0 Å². The van der Waals surface area contributed by atoms with E-state index >= 15 is 0 Å². The molecule has 4 nitrogen and oxygen atoms in total. The molecular formula is C14H29ClN2O2. The monoisotopic (exact) mass is 292 g/mol. The van der Waals surface area contributed by atoms with Gasteiger partial charge < -0.3 is 15.8 Å². The molecule has 0 heterocycles. The Hall–Kier alpha value is -0.320. The Labute approximate surface area is 123 Å². The van der Waals surface area contributed by atoms with Crippen molar-refractivity contribution >= 4 is 18.3 Å². The van der Waals surface area contributed by atoms with Crippen LogP contribution in [-0.2, 0) is 9.53 Å². The molecule has 1 amide bonds. The first-order chi connectivity index (χ1) is 8.14. The maximum absolute atomic E-state index is 12.0. The zero-order valence-electron chi connectivity index (χ0n) is 12.9. The molecule has 1 rings (SSSR count). The number of amides is 1. The van der Waals surface area contributed by atoms with Crippen LogP contribution in [-0.4, -0.2) is 30.7 Å². The summed E-state index contributed by atoms with van der Waals surface area (Å²) in [6.45, 7) is 10.5. The summed E-state index contributed by atoms with van der Waals surface area (Å²) >= 11 is 0. The first-order valence-corrected chi connectivity index (χ1v) is 6.75. The van der Waals surface area contributed by atoms with Crippen molar-refractivity contribution in [2.24, 2.45) is 17.1 Å². The first kappa shape index (κ1) is 18.7. The Bertz CT molecular complexity index is 321. The van der Waals surface area contributed by atoms with Crippen LogP contribution < -0.4 is 11.1 Å². The van der Waals surface area contributed by atoms with E-state index in [-0.39, 0.29) is 35.4 Å². The fourth-order valence-electron chi connectivity index (χ4n) is 2.62. The third kappa shape index (κ3) is 3.61. The van der Waals surface area contributed by atoms with Gasteiger partial charge in [-0.3, -0.25) is 4.79 Å². The van der Waals surface area contributed by atoms with Crippen LogP contribution in [0.1, 0.15) is 47.5 Å². The van der Waals surface area contributed by atoms with Crippen LogP contribution in [0.15, 0.2) is 0 Å². The second kappa shape index (κ2) is 6.42. The molecule has 1 aliphatic rings. The molecule has 0 aliphatic heterocycles. The van der Waals surface area contributed by atoms with Crippen molar-refractivity contribution in [1.29, 1.82) is 0 Å². The summed E-state index contributed by atoms with van der Waals surface area (Å²) < 4.78 is 5.54. The van der Waals surface area contributed by atoms with Gasteiger partial charge in [0.25, 0.3) is 0 Å². The quantitative estimate of drug-likeness (QED) is 0.816. The average molecular weight is 293 g/mol. The predicted octanol–water partition coefficient (Wildman–Crippen LogP) is 2.10. The number of nitrogens with one attached hydrogen (secondary N) is 1. The third-order valence-corrected chi connectivity index (χ3v) is 4.66. The third-order valence-electron chi connectivity index (χ3n) is 4.66. The number of nitrogens with two attached hydrogens (primary N) is 1. The zero-order chi connectivity index (χ0) is 14.1. The van der Waals surface area contributed by atoms with Crippen molar-refractivity contribution in [3.05, 3.63) is 0 Å². The molecule has 114 valence electrons. The van der Waals surface area contributed by atoms with Gasteiger partial charge in [0.1, 0.15) is 0 Å². The molecule has 1 aliphatic carbocycles. The highest BCUT2D eigenvalue weighted by molar-refractivity contribution is 5.85. The van der Waals surface area contributed by atoms with Crippen LogP contribution in [0.4, 0.5) is 0 Å². The maximum atomic E-state index is 12.0. The second-order valence-corrected chi connectivity index (χ2v) is 6.66. The standard InChI is InChI=1S/C14H28N2O2.ClH/c1-9(2)7-10(15)12(17)16-11-8-14(5,18-6)13(11,3)4;/h9-11H,7-8,15H2,1-6H3,(H,16,17);1H/t10-,11?,14?;/m0./s1. The van der Waals surface area contributed by atoms with Crippen LogP contribution in [0.25, 0.3) is 0 Å². The van der Waals surface area contributed by atoms with E-state index in [0.29, 0.717) is 5.92 Å². The number of halogens is 1. The second-order valence-electron chi connectivity index (χ2n) is 6.66. The summed E-state index contributed by atoms with van der Waals surface area (Å²) in [7, 11) is 1.73. The molecular weight excluding hydrogens is 264 g/mol. The highest BCUT2D eigenvalue weighted by Gasteiger charge is 2.58. The van der Waals surface area contributed by atoms with Crippen LogP contribution in [0.2, 0.25) is 0 Å². The van der Waals surface area contributed by atoms with E-state index < -0.39 is 6.04 Å². The fraction of sp³-hybridized carbons (Fsp3) is 0.929. The van der Waals surface area contributed by atoms with Gasteiger partial charge in [-0.15, -0.1) is 12.4 Å². The van der Waals surface area contributed by atoms with Gasteiger partial charge in [-0.1, -0.05) is 27.7 Å². The summed E-state index contributed by atoms with van der Waals surface area (Å²) in [6, 6.07) is -0.261. The van der Waals surface area contributed by atoms with Crippen molar-refractivity contribution in [2.75, 3.05) is 7.11 Å². The number of carbonyl (C=O) groups is 1. The van der Waals surface area contributed by atoms with Gasteiger partial charge in [0.15, 0.2) is 0 Å². The SMILES string of the molecule is COC1(C)CC(NC(=O)[C@@H](N)CC(C)C)C1(C)C.Cl. The molecule has 19 heavy (non-hydrogen) atoms. The minimum atomic E-state index is -0.407. The summed E-state index contributed by atoms with van der Waals surface area (Å²) in [5.41, 5.74) is 5.67. The summed E-state index contributed by atoms with van der Waals surface area (Å²) in [5.74, 6) is 0.393. The van der Waals surface area contributed by atoms with E-state index in [2.05, 4.69) is 39.9 Å². The lowest BCUT2D eigenvalue weighted by Crippen LogP contribution is -2.69. The molecule has 3 N–H and O–H groups in total. The van der Waals surface area contributed by atoms with Gasteiger partial charge in [0.05, 0.1) is 11.6 Å². The van der Waals surface area contributed by atoms with E-state index in [4.69, 9.17) is 10.5 Å². The number of hydrogen-bond donors (Lipinski definition) is 2. The molecule has 0 spiro atoms. The van der Waals surface area contributed by atoms with E-state index in [9.17, 15) is 4.79 Å². The molecule has 0 saturated heterocycles. The van der Waals surface area contributed by atoms with E-state index in [0.717, 1.165) is 12.8 Å². The minimum Gasteiger partial charge on any atom is -0.378 e. The highest BCUT2D eigenvalue weighted by Crippen LogP contribution is 2.51. The molecule has 0 aromatic rings. The van der Waals surface area contributed by atoms with E-state index in [1.54, 1.807) is 7.11 Å². The van der Waals surface area contributed by atoms with Crippen molar-refractivity contribution < 1.29 is 9.53 Å². The Morgan fingerprint density at radius 1 is 1.42 bits per heavy atom. The number of hydrogen-bond acceptors (Lipinski definition) is 3. The number of carbonyl (C=O) groups excluding carboxylic acids is 1. The molecule has 0 radical (unpaired) electrons. The highest BCUT2D eigenvalue weighted by atomic mass is 35.5. The van der Waals surface area contributed by atoms with Crippen LogP contribution in [0, 0.1) is 11.3 Å². The number of rotatable bonds is 5. The molecule has 0 bridgehead atoms. The van der Waals surface area contributed by atoms with Crippen LogP contribution >= 0.6 is 12.4 Å². The van der Waals surface area contributed by atoms with Gasteiger partial charge in [-0.2, -0.15) is 0 Å². The summed E-state index contributed by atoms with van der Waals surface area (Å²) in [5, 5.41) is 3.06. The minimum absolute atomic E-state index is 0. The van der Waals surface area contributed by atoms with Crippen molar-refractivity contribution in [3.8, 4) is 0 Å². The van der Waals surface area contributed by atoms with Crippen LogP contribution in [0.3, 0.4) is 0 Å². The molecule has 0 aromatic heterocycles. The zero-order valence-corrected chi connectivity index (χ0v) is 13.8. The molecule has 5 heteroatoms. The normalized spacial score (nSPS) is 30.2. The van der Waals surface area contributed by atoms with Gasteiger partial charge in [0.2, 0.25) is 5.91 Å². The summed E-state index contributed by atoms with van der Waals surface area (Å²) in [4.78, 5) is 12.0. The van der Waals surface area contributed by atoms with Gasteiger partial charge in [-0.25, -0.2) is 0 Å². The predicted molar refractivity (Wildman–Crippen MR) is 80.4 cm³/mol. The van der Waals surface area contributed by atoms with Crippen molar-refractivity contribution in [1.82, 2.24) is 5.32 Å². The average Bonchev–Trinajstić information content (AvgIpc) is 2.26. The lowest BCUT2D eigenvalue weighted by Gasteiger charge is -2.59. The first-order valence-electron chi connectivity index (χ1n) is 6.75. The lowest BCUT2D eigenvalue weighted by atomic mass is 9.56. The summed E-state index contributed by atoms with van der Waals surface area (Å²) in [6.07, 6.45) is 1.57. The Morgan fingerprint density at radius 3 is 2.32 bits per heavy atom. The largest absolute Gasteiger partial charge is 0.378 e. The Kier molecular flexibility index (Phi) is 6.31. The van der Waals surface area contributed by atoms with Gasteiger partial charge >= 0.3 is 0 Å². The molecule has 2 unspecified atom stereocenters. The molecule has 3 atom stereocenters. The smallest absolute Gasteiger partial charge is 0.237 e. The molecule has 0 aromatic carbocycles. The fourth-order valence-corrected chi connectivity index (χ4v) is 2.62. The Balaban J connectivity index is 0.00000324. The van der Waals surface area contributed by atoms with E-state index in [1.807, 2.05) is 0 Å². The topological polar surface area (TPSA) is 64.3 Å². The van der Waals surface area contributed by atoms with Crippen molar-refractivity contribution in [2.45, 2.75) is 65.1 Å².